The molecule has 26 heavy (non-hydrogen) atoms. The molecule has 1 aliphatic heterocycles. The number of aryl methyl sites for hydroxylation is 2. The fourth-order valence-electron chi connectivity index (χ4n) is 3.84. The van der Waals surface area contributed by atoms with Gasteiger partial charge in [0.15, 0.2) is 0 Å². The summed E-state index contributed by atoms with van der Waals surface area (Å²) in [7, 11) is 6.16. The van der Waals surface area contributed by atoms with E-state index >= 15 is 0 Å². The fraction of sp³-hybridized carbons (Fsp3) is 0.450. The van der Waals surface area contributed by atoms with Gasteiger partial charge in [0, 0.05) is 27.2 Å². The summed E-state index contributed by atoms with van der Waals surface area (Å²) in [5.41, 5.74) is 3.37. The predicted molar refractivity (Wildman–Crippen MR) is 104 cm³/mol. The van der Waals surface area contributed by atoms with Gasteiger partial charge in [-0.25, -0.2) is 15.0 Å². The minimum Gasteiger partial charge on any atom is -0.363 e. The monoisotopic (exact) mass is 350 g/mol. The Morgan fingerprint density at radius 1 is 1.15 bits per heavy atom. The molecule has 0 amide bonds. The van der Waals surface area contributed by atoms with Crippen molar-refractivity contribution < 1.29 is 0 Å². The highest BCUT2D eigenvalue weighted by Crippen LogP contribution is 2.33. The maximum atomic E-state index is 4.85. The first kappa shape index (κ1) is 17.0. The first-order valence-corrected chi connectivity index (χ1v) is 9.20. The van der Waals surface area contributed by atoms with Gasteiger partial charge in [-0.15, -0.1) is 0 Å². The zero-order chi connectivity index (χ0) is 18.3. The van der Waals surface area contributed by atoms with Crippen LogP contribution in [0.5, 0.6) is 0 Å². The molecular formula is C20H26N6. The first-order valence-electron chi connectivity index (χ1n) is 9.20. The second-order valence-corrected chi connectivity index (χ2v) is 7.30. The number of nitrogens with zero attached hydrogens (tertiary/aromatic N) is 6. The van der Waals surface area contributed by atoms with Crippen LogP contribution in [0.25, 0.3) is 11.0 Å². The number of anilines is 1. The van der Waals surface area contributed by atoms with Gasteiger partial charge >= 0.3 is 0 Å². The zero-order valence-electron chi connectivity index (χ0n) is 16.0. The Bertz CT molecular complexity index is 929. The van der Waals surface area contributed by atoms with Gasteiger partial charge in [0.1, 0.15) is 17.5 Å². The molecule has 1 aliphatic rings. The summed E-state index contributed by atoms with van der Waals surface area (Å²) in [6.45, 7) is 3.89. The summed E-state index contributed by atoms with van der Waals surface area (Å²) < 4.78 is 2.21. The number of hydrogen-bond acceptors (Lipinski definition) is 5. The van der Waals surface area contributed by atoms with Crippen molar-refractivity contribution in [2.24, 2.45) is 7.05 Å². The van der Waals surface area contributed by atoms with Gasteiger partial charge in [-0.1, -0.05) is 12.1 Å². The number of benzene rings is 1. The Labute approximate surface area is 154 Å². The highest BCUT2D eigenvalue weighted by Gasteiger charge is 2.29. The van der Waals surface area contributed by atoms with E-state index in [2.05, 4.69) is 45.8 Å². The summed E-state index contributed by atoms with van der Waals surface area (Å²) in [5, 5.41) is 0. The van der Waals surface area contributed by atoms with E-state index in [1.807, 2.05) is 32.0 Å². The number of hydrogen-bond donors (Lipinski definition) is 0. The number of fused-ring (bicyclic) bond motifs is 1. The predicted octanol–water partition coefficient (Wildman–Crippen LogP) is 3.07. The van der Waals surface area contributed by atoms with E-state index in [1.165, 1.54) is 11.9 Å². The van der Waals surface area contributed by atoms with E-state index < -0.39 is 0 Å². The molecule has 0 saturated carbocycles. The van der Waals surface area contributed by atoms with Gasteiger partial charge in [-0.05, 0) is 38.4 Å². The van der Waals surface area contributed by atoms with Crippen molar-refractivity contribution in [1.29, 1.82) is 0 Å². The summed E-state index contributed by atoms with van der Waals surface area (Å²) in [4.78, 5) is 18.7. The lowest BCUT2D eigenvalue weighted by atomic mass is 10.1. The fourth-order valence-corrected chi connectivity index (χ4v) is 3.84. The quantitative estimate of drug-likeness (QED) is 0.724. The molecule has 1 fully saturated rings. The van der Waals surface area contributed by atoms with Crippen molar-refractivity contribution in [1.82, 2.24) is 24.4 Å². The van der Waals surface area contributed by atoms with Crippen LogP contribution in [0.4, 0.5) is 5.82 Å². The van der Waals surface area contributed by atoms with E-state index in [-0.39, 0.29) is 0 Å². The lowest BCUT2D eigenvalue weighted by molar-refractivity contribution is 0.236. The first-order chi connectivity index (χ1) is 12.5. The molecule has 1 unspecified atom stereocenters. The van der Waals surface area contributed by atoms with Crippen molar-refractivity contribution in [2.75, 3.05) is 25.5 Å². The number of imidazole rings is 1. The molecule has 1 atom stereocenters. The lowest BCUT2D eigenvalue weighted by Gasteiger charge is -2.25. The maximum Gasteiger partial charge on any atom is 0.132 e. The van der Waals surface area contributed by atoms with Gasteiger partial charge in [0.25, 0.3) is 0 Å². The molecule has 1 aromatic carbocycles. The van der Waals surface area contributed by atoms with E-state index in [4.69, 9.17) is 9.97 Å². The maximum absolute atomic E-state index is 4.85. The summed E-state index contributed by atoms with van der Waals surface area (Å²) in [5.74, 6) is 2.92. The van der Waals surface area contributed by atoms with E-state index in [0.29, 0.717) is 6.04 Å². The van der Waals surface area contributed by atoms with Crippen LogP contribution < -0.4 is 4.90 Å². The Hall–Kier alpha value is -2.47. The molecule has 0 N–H and O–H groups in total. The van der Waals surface area contributed by atoms with Crippen LogP contribution in [0.2, 0.25) is 0 Å². The SMILES string of the molecule is Cc1nc(C2CCCN2Cc2nc3ccccc3n2C)cc(N(C)C)n1. The van der Waals surface area contributed by atoms with Gasteiger partial charge < -0.3 is 9.47 Å². The van der Waals surface area contributed by atoms with Crippen LogP contribution in [-0.2, 0) is 13.6 Å². The molecular weight excluding hydrogens is 324 g/mol. The summed E-state index contributed by atoms with van der Waals surface area (Å²) in [6.07, 6.45) is 2.32. The van der Waals surface area contributed by atoms with Crippen LogP contribution in [0.3, 0.4) is 0 Å². The van der Waals surface area contributed by atoms with E-state index in [1.54, 1.807) is 0 Å². The average Bonchev–Trinajstić information content (AvgIpc) is 3.20. The molecule has 1 saturated heterocycles. The normalized spacial score (nSPS) is 17.9. The Balaban J connectivity index is 1.63. The molecule has 0 aliphatic carbocycles. The van der Waals surface area contributed by atoms with Gasteiger partial charge in [0.05, 0.1) is 29.3 Å². The minimum absolute atomic E-state index is 0.329. The molecule has 136 valence electrons. The smallest absolute Gasteiger partial charge is 0.132 e. The zero-order valence-corrected chi connectivity index (χ0v) is 16.0. The van der Waals surface area contributed by atoms with Crippen LogP contribution in [0.15, 0.2) is 30.3 Å². The number of rotatable bonds is 4. The van der Waals surface area contributed by atoms with Crippen molar-refractivity contribution in [3.63, 3.8) is 0 Å². The van der Waals surface area contributed by atoms with Crippen molar-refractivity contribution in [2.45, 2.75) is 32.4 Å². The Morgan fingerprint density at radius 2 is 1.96 bits per heavy atom. The molecule has 4 rings (SSSR count). The highest BCUT2D eigenvalue weighted by atomic mass is 15.2. The van der Waals surface area contributed by atoms with Crippen LogP contribution in [-0.4, -0.2) is 45.1 Å². The third kappa shape index (κ3) is 3.05. The number of para-hydroxylation sites is 2. The third-order valence-electron chi connectivity index (χ3n) is 5.23. The minimum atomic E-state index is 0.329. The Morgan fingerprint density at radius 3 is 2.73 bits per heavy atom. The Kier molecular flexibility index (Phi) is 4.36. The molecule has 3 heterocycles. The second-order valence-electron chi connectivity index (χ2n) is 7.30. The van der Waals surface area contributed by atoms with Crippen molar-refractivity contribution in [3.05, 3.63) is 47.7 Å². The standard InChI is InChI=1S/C20H26N6/c1-14-21-16(12-19(22-14)24(2)3)18-10-7-11-26(18)13-20-23-15-8-5-6-9-17(15)25(20)4/h5-6,8-9,12,18H,7,10-11,13H2,1-4H3. The molecule has 0 radical (unpaired) electrons. The van der Waals surface area contributed by atoms with Crippen molar-refractivity contribution >= 4 is 16.9 Å². The summed E-state index contributed by atoms with van der Waals surface area (Å²) in [6, 6.07) is 10.8. The second kappa shape index (κ2) is 6.68. The highest BCUT2D eigenvalue weighted by molar-refractivity contribution is 5.75. The van der Waals surface area contributed by atoms with Crippen LogP contribution >= 0.6 is 0 Å². The molecule has 2 aromatic heterocycles. The number of aromatic nitrogens is 4. The topological polar surface area (TPSA) is 50.1 Å². The van der Waals surface area contributed by atoms with Crippen LogP contribution in [0, 0.1) is 6.92 Å². The molecule has 0 bridgehead atoms. The van der Waals surface area contributed by atoms with Gasteiger partial charge in [-0.2, -0.15) is 0 Å². The molecule has 6 heteroatoms. The van der Waals surface area contributed by atoms with Crippen LogP contribution in [0.1, 0.15) is 36.2 Å². The van der Waals surface area contributed by atoms with Crippen molar-refractivity contribution in [3.8, 4) is 0 Å². The summed E-state index contributed by atoms with van der Waals surface area (Å²) >= 11 is 0. The number of likely N-dealkylation sites (tertiary alicyclic amines) is 1. The largest absolute Gasteiger partial charge is 0.363 e. The third-order valence-corrected chi connectivity index (χ3v) is 5.23. The van der Waals surface area contributed by atoms with E-state index in [0.717, 1.165) is 48.2 Å². The van der Waals surface area contributed by atoms with E-state index in [9.17, 15) is 0 Å². The van der Waals surface area contributed by atoms with Gasteiger partial charge in [-0.3, -0.25) is 4.90 Å². The lowest BCUT2D eigenvalue weighted by Crippen LogP contribution is -2.25. The molecule has 6 nitrogen and oxygen atoms in total. The average molecular weight is 350 g/mol. The molecule has 0 spiro atoms. The molecule has 3 aromatic rings. The van der Waals surface area contributed by atoms with Gasteiger partial charge in [0.2, 0.25) is 0 Å².